The van der Waals surface area contributed by atoms with E-state index < -0.39 is 120 Å². The van der Waals surface area contributed by atoms with Gasteiger partial charge in [0.15, 0.2) is 0 Å². The van der Waals surface area contributed by atoms with Crippen molar-refractivity contribution in [3.05, 3.63) is 102 Å². The molecule has 1 fully saturated rings. The number of rotatable bonds is 28. The fourth-order valence-electron chi connectivity index (χ4n) is 9.25. The Balaban J connectivity index is 1.51. The lowest BCUT2D eigenvalue weighted by molar-refractivity contribution is -0.152. The smallest absolute Gasteiger partial charge is 0.408 e. The Morgan fingerprint density at radius 1 is 0.734 bits per heavy atom. The molecule has 0 saturated carbocycles. The number of likely N-dealkylation sites (tertiary alicyclic amines) is 1. The predicted molar refractivity (Wildman–Crippen MR) is 295 cm³/mol. The molecule has 0 bridgehead atoms. The van der Waals surface area contributed by atoms with Crippen molar-refractivity contribution in [3.63, 3.8) is 0 Å². The number of primary amides is 1. The van der Waals surface area contributed by atoms with Crippen molar-refractivity contribution in [1.29, 1.82) is 0 Å². The summed E-state index contributed by atoms with van der Waals surface area (Å²) in [5.74, 6) is -6.15. The molecule has 0 spiro atoms. The molecule has 3 aromatic carbocycles. The standard InChI is InChI=1S/C58H82N8O13/c1-35(2)30-43(51(70)60-37(5)53(72)65(10)46(54(73)66-29-17-22-45(66)56(75)76)32-39-23-25-41(26-24-39)79-58(6,7)8)61-49(69)33-47(67)42(31-38-18-13-11-14-19-38)62-52(71)44(27-28-48(59)68)64(9)55(74)50(36(3)4)63-57(77)78-34-40-20-15-12-16-21-40/h11-16,18-21,23-26,35-37,42-47,50,67H,17,22,27-34H2,1-10H3,(H2,59,68)(H,60,70)(H,61,69)(H,62,71)(H,63,77)(H,75,76)/t37-,42-,43-,44-,45-,46+,47-,50-/m0/s1. The number of carbonyl (C=O) groups excluding carboxylic acids is 8. The number of carboxylic acids is 1. The van der Waals surface area contributed by atoms with Crippen molar-refractivity contribution >= 4 is 53.4 Å². The van der Waals surface area contributed by atoms with Gasteiger partial charge in [-0.15, -0.1) is 0 Å². The molecule has 4 rings (SSSR count). The van der Waals surface area contributed by atoms with Gasteiger partial charge in [0.1, 0.15) is 54.2 Å². The van der Waals surface area contributed by atoms with Crippen molar-refractivity contribution in [2.24, 2.45) is 17.6 Å². The second kappa shape index (κ2) is 30.0. The highest BCUT2D eigenvalue weighted by Crippen LogP contribution is 2.24. The number of carboxylic acid groups (broad SMARTS) is 1. The van der Waals surface area contributed by atoms with Crippen molar-refractivity contribution in [2.75, 3.05) is 20.6 Å². The number of aliphatic carboxylic acids is 1. The molecule has 0 aliphatic carbocycles. The summed E-state index contributed by atoms with van der Waals surface area (Å²) in [6.07, 6.45) is -2.77. The monoisotopic (exact) mass is 1100 g/mol. The number of nitrogens with two attached hydrogens (primary N) is 1. The van der Waals surface area contributed by atoms with Crippen LogP contribution in [0.2, 0.25) is 0 Å². The lowest BCUT2D eigenvalue weighted by atomic mass is 9.97. The summed E-state index contributed by atoms with van der Waals surface area (Å²) < 4.78 is 11.3. The highest BCUT2D eigenvalue weighted by molar-refractivity contribution is 5.95. The van der Waals surface area contributed by atoms with Crippen LogP contribution in [0.1, 0.15) is 111 Å². The van der Waals surface area contributed by atoms with E-state index in [9.17, 15) is 53.4 Å². The third kappa shape index (κ3) is 20.3. The van der Waals surface area contributed by atoms with E-state index in [4.69, 9.17) is 15.2 Å². The van der Waals surface area contributed by atoms with Gasteiger partial charge in [0.05, 0.1) is 18.6 Å². The highest BCUT2D eigenvalue weighted by atomic mass is 16.5. The molecule has 79 heavy (non-hydrogen) atoms. The predicted octanol–water partition coefficient (Wildman–Crippen LogP) is 3.87. The Hall–Kier alpha value is -7.55. The van der Waals surface area contributed by atoms with E-state index in [0.717, 1.165) is 10.5 Å². The molecule has 0 aromatic heterocycles. The summed E-state index contributed by atoms with van der Waals surface area (Å²) in [6, 6.07) is 16.4. The SMILES string of the molecule is CC(C)C[C@H](NC(=O)C[C@H](O)[C@H](Cc1ccccc1)NC(=O)[C@H](CCC(N)=O)N(C)C(=O)[C@@H](NC(=O)OCc1ccccc1)C(C)C)C(=O)N[C@@H](C)C(=O)N(C)[C@H](Cc1ccc(OC(C)(C)C)cc1)C(=O)N1CCC[C@H]1C(=O)O. The maximum atomic E-state index is 14.4. The molecule has 1 aliphatic rings. The Bertz CT molecular complexity index is 2540. The number of nitrogens with one attached hydrogen (secondary N) is 4. The first-order valence-corrected chi connectivity index (χ1v) is 26.9. The van der Waals surface area contributed by atoms with Gasteiger partial charge in [0.2, 0.25) is 41.4 Å². The normalized spacial score (nSPS) is 16.0. The van der Waals surface area contributed by atoms with Crippen LogP contribution in [0.15, 0.2) is 84.9 Å². The third-order valence-electron chi connectivity index (χ3n) is 13.5. The average molecular weight is 1100 g/mol. The van der Waals surface area contributed by atoms with Gasteiger partial charge >= 0.3 is 12.1 Å². The van der Waals surface area contributed by atoms with Crippen LogP contribution in [0.5, 0.6) is 5.75 Å². The molecule has 3 aromatic rings. The first-order valence-electron chi connectivity index (χ1n) is 26.9. The molecule has 8 N–H and O–H groups in total. The van der Waals surface area contributed by atoms with Crippen LogP contribution < -0.4 is 31.7 Å². The van der Waals surface area contributed by atoms with Gasteiger partial charge in [-0.05, 0) is 100 Å². The maximum Gasteiger partial charge on any atom is 0.408 e. The van der Waals surface area contributed by atoms with Crippen molar-refractivity contribution < 1.29 is 62.8 Å². The number of alkyl carbamates (subject to hydrolysis) is 1. The summed E-state index contributed by atoms with van der Waals surface area (Å²) in [5.41, 5.74) is 7.10. The van der Waals surface area contributed by atoms with E-state index in [2.05, 4.69) is 21.3 Å². The number of aliphatic hydroxyl groups excluding tert-OH is 1. The molecule has 8 amide bonds. The Labute approximate surface area is 463 Å². The number of ether oxygens (including phenoxy) is 2. The van der Waals surface area contributed by atoms with E-state index in [0.29, 0.717) is 23.3 Å². The number of benzene rings is 3. The van der Waals surface area contributed by atoms with Crippen LogP contribution in [0.25, 0.3) is 0 Å². The Morgan fingerprint density at radius 2 is 1.32 bits per heavy atom. The van der Waals surface area contributed by atoms with Crippen LogP contribution >= 0.6 is 0 Å². The van der Waals surface area contributed by atoms with Gasteiger partial charge < -0.3 is 61.4 Å². The van der Waals surface area contributed by atoms with Crippen molar-refractivity contribution in [3.8, 4) is 5.75 Å². The molecule has 432 valence electrons. The summed E-state index contributed by atoms with van der Waals surface area (Å²) >= 11 is 0. The number of aliphatic hydroxyl groups is 1. The van der Waals surface area contributed by atoms with Gasteiger partial charge in [-0.3, -0.25) is 33.6 Å². The molecule has 21 nitrogen and oxygen atoms in total. The summed E-state index contributed by atoms with van der Waals surface area (Å²) in [5, 5.41) is 32.5. The molecule has 0 radical (unpaired) electrons. The largest absolute Gasteiger partial charge is 0.488 e. The summed E-state index contributed by atoms with van der Waals surface area (Å²) in [4.78, 5) is 126. The minimum Gasteiger partial charge on any atom is -0.488 e. The second-order valence-corrected chi connectivity index (χ2v) is 22.0. The van der Waals surface area contributed by atoms with Crippen LogP contribution in [0.4, 0.5) is 4.79 Å². The highest BCUT2D eigenvalue weighted by Gasteiger charge is 2.41. The molecule has 1 saturated heterocycles. The van der Waals surface area contributed by atoms with Crippen molar-refractivity contribution in [2.45, 2.75) is 167 Å². The maximum absolute atomic E-state index is 14.4. The van der Waals surface area contributed by atoms with E-state index >= 15 is 0 Å². The van der Waals surface area contributed by atoms with Gasteiger partial charge in [0, 0.05) is 33.5 Å². The number of hydrogen-bond acceptors (Lipinski definition) is 12. The van der Waals surface area contributed by atoms with Gasteiger partial charge in [0.25, 0.3) is 0 Å². The molecular formula is C58H82N8O13. The zero-order valence-electron chi connectivity index (χ0n) is 47.2. The summed E-state index contributed by atoms with van der Waals surface area (Å²) in [6.45, 7) is 14.3. The molecule has 1 aliphatic heterocycles. The first kappa shape index (κ1) is 64.0. The third-order valence-corrected chi connectivity index (χ3v) is 13.5. The fraction of sp³-hybridized carbons (Fsp3) is 0.534. The summed E-state index contributed by atoms with van der Waals surface area (Å²) in [7, 11) is 2.76. The van der Waals surface area contributed by atoms with E-state index in [1.807, 2.05) is 40.7 Å². The average Bonchev–Trinajstić information content (AvgIpc) is 3.89. The molecule has 8 atom stereocenters. The second-order valence-electron chi connectivity index (χ2n) is 22.0. The molecule has 21 heteroatoms. The number of nitrogens with zero attached hydrogens (tertiary/aromatic N) is 3. The molecule has 1 heterocycles. The molecule has 0 unspecified atom stereocenters. The Kier molecular flexibility index (Phi) is 24.3. The van der Waals surface area contributed by atoms with E-state index in [1.165, 1.54) is 30.8 Å². The van der Waals surface area contributed by atoms with Crippen LogP contribution in [-0.4, -0.2) is 153 Å². The lowest BCUT2D eigenvalue weighted by Crippen LogP contribution is -2.58. The minimum absolute atomic E-state index is 0.00283. The van der Waals surface area contributed by atoms with Crippen molar-refractivity contribution in [1.82, 2.24) is 36.0 Å². The van der Waals surface area contributed by atoms with Crippen LogP contribution in [0, 0.1) is 11.8 Å². The zero-order chi connectivity index (χ0) is 58.7. The number of likely N-dealkylation sites (N-methyl/N-ethyl adjacent to an activating group) is 2. The number of amides is 8. The van der Waals surface area contributed by atoms with Gasteiger partial charge in [-0.1, -0.05) is 100 Å². The van der Waals surface area contributed by atoms with E-state index in [1.54, 1.807) is 92.7 Å². The fourth-order valence-corrected chi connectivity index (χ4v) is 9.25. The zero-order valence-corrected chi connectivity index (χ0v) is 47.2. The van der Waals surface area contributed by atoms with Crippen LogP contribution in [0.3, 0.4) is 0 Å². The van der Waals surface area contributed by atoms with E-state index in [-0.39, 0.29) is 57.6 Å². The first-order chi connectivity index (χ1) is 37.1. The Morgan fingerprint density at radius 3 is 1.87 bits per heavy atom. The number of hydrogen-bond donors (Lipinski definition) is 7. The van der Waals surface area contributed by atoms with Gasteiger partial charge in [-0.2, -0.15) is 0 Å². The lowest BCUT2D eigenvalue weighted by Gasteiger charge is -2.34. The quantitative estimate of drug-likeness (QED) is 0.0544. The minimum atomic E-state index is -1.59. The topological polar surface area (TPSA) is 296 Å². The van der Waals surface area contributed by atoms with Crippen LogP contribution in [-0.2, 0) is 62.5 Å². The molecular weight excluding hydrogens is 1020 g/mol. The number of carbonyl (C=O) groups is 9. The van der Waals surface area contributed by atoms with Gasteiger partial charge in [-0.25, -0.2) is 9.59 Å².